The molecule has 19 heavy (non-hydrogen) atoms. The fourth-order valence-corrected chi connectivity index (χ4v) is 1.85. The van der Waals surface area contributed by atoms with Crippen molar-refractivity contribution in [3.8, 4) is 0 Å². The molecule has 0 aliphatic heterocycles. The molecule has 0 radical (unpaired) electrons. The third-order valence-electron chi connectivity index (χ3n) is 2.84. The van der Waals surface area contributed by atoms with Crippen LogP contribution in [0.1, 0.15) is 29.0 Å². The van der Waals surface area contributed by atoms with Crippen LogP contribution in [-0.2, 0) is 13.1 Å². The zero-order valence-electron chi connectivity index (χ0n) is 10.6. The lowest BCUT2D eigenvalue weighted by Gasteiger charge is -2.04. The molecule has 2 aromatic rings. The van der Waals surface area contributed by atoms with Gasteiger partial charge in [0.2, 0.25) is 5.76 Å². The van der Waals surface area contributed by atoms with Crippen LogP contribution in [0.15, 0.2) is 35.5 Å². The number of aromatic nitrogens is 2. The zero-order chi connectivity index (χ0) is 13.5. The van der Waals surface area contributed by atoms with Crippen LogP contribution in [0, 0.1) is 0 Å². The van der Waals surface area contributed by atoms with Crippen molar-refractivity contribution in [1.82, 2.24) is 14.9 Å². The number of hydrogen-bond acceptors (Lipinski definition) is 4. The molecule has 102 valence electrons. The van der Waals surface area contributed by atoms with E-state index in [0.29, 0.717) is 12.1 Å². The molecule has 0 atom stereocenters. The van der Waals surface area contributed by atoms with Crippen molar-refractivity contribution in [2.75, 3.05) is 6.54 Å². The van der Waals surface area contributed by atoms with Crippen molar-refractivity contribution < 1.29 is 14.3 Å². The zero-order valence-corrected chi connectivity index (χ0v) is 10.6. The van der Waals surface area contributed by atoms with E-state index < -0.39 is 5.97 Å². The topological polar surface area (TPSA) is 80.3 Å². The second-order valence-corrected chi connectivity index (χ2v) is 4.26. The van der Waals surface area contributed by atoms with Crippen LogP contribution in [0.25, 0.3) is 0 Å². The minimum absolute atomic E-state index is 0.0194. The number of furan rings is 1. The quantitative estimate of drug-likeness (QED) is 0.709. The summed E-state index contributed by atoms with van der Waals surface area (Å²) in [5, 5.41) is 12.1. The van der Waals surface area contributed by atoms with Gasteiger partial charge in [-0.15, -0.1) is 0 Å². The minimum atomic E-state index is -1.03. The maximum atomic E-state index is 10.8. The van der Waals surface area contributed by atoms with Crippen LogP contribution in [0.5, 0.6) is 0 Å². The molecule has 0 unspecified atom stereocenters. The molecule has 2 aromatic heterocycles. The van der Waals surface area contributed by atoms with Gasteiger partial charge in [0.1, 0.15) is 0 Å². The van der Waals surface area contributed by atoms with Gasteiger partial charge >= 0.3 is 5.97 Å². The van der Waals surface area contributed by atoms with Gasteiger partial charge in [0.25, 0.3) is 0 Å². The van der Waals surface area contributed by atoms with E-state index in [1.54, 1.807) is 18.6 Å². The maximum absolute atomic E-state index is 10.8. The van der Waals surface area contributed by atoms with E-state index >= 15 is 0 Å². The molecule has 2 heterocycles. The van der Waals surface area contributed by atoms with Gasteiger partial charge in [0.15, 0.2) is 0 Å². The van der Waals surface area contributed by atoms with Crippen LogP contribution >= 0.6 is 0 Å². The highest BCUT2D eigenvalue weighted by molar-refractivity contribution is 5.86. The fraction of sp³-hybridized carbons (Fsp3) is 0.385. The lowest BCUT2D eigenvalue weighted by Crippen LogP contribution is -2.16. The Balaban J connectivity index is 1.61. The number of hydrogen-bond donors (Lipinski definition) is 2. The highest BCUT2D eigenvalue weighted by Gasteiger charge is 2.12. The third-order valence-corrected chi connectivity index (χ3v) is 2.84. The van der Waals surface area contributed by atoms with Gasteiger partial charge in [0.05, 0.1) is 12.6 Å². The summed E-state index contributed by atoms with van der Waals surface area (Å²) in [7, 11) is 0. The second kappa shape index (κ2) is 6.75. The summed E-state index contributed by atoms with van der Waals surface area (Å²) in [6.07, 6.45) is 9.00. The van der Waals surface area contributed by atoms with Gasteiger partial charge in [0, 0.05) is 31.0 Å². The molecule has 0 aliphatic carbocycles. The molecule has 2 rings (SSSR count). The number of nitrogens with zero attached hydrogens (tertiary/aromatic N) is 2. The SMILES string of the molecule is O=C(O)c1occc1CNCCCCn1ccnc1. The predicted octanol–water partition coefficient (Wildman–Crippen LogP) is 1.74. The Kier molecular flexibility index (Phi) is 4.74. The normalized spacial score (nSPS) is 10.7. The largest absolute Gasteiger partial charge is 0.475 e. The number of carbonyl (C=O) groups is 1. The number of carboxylic acids is 1. The average Bonchev–Trinajstić information content (AvgIpc) is 3.04. The molecular weight excluding hydrogens is 246 g/mol. The first-order valence-electron chi connectivity index (χ1n) is 6.23. The lowest BCUT2D eigenvalue weighted by molar-refractivity contribution is 0.0660. The minimum Gasteiger partial charge on any atom is -0.475 e. The van der Waals surface area contributed by atoms with E-state index in [-0.39, 0.29) is 5.76 Å². The highest BCUT2D eigenvalue weighted by Crippen LogP contribution is 2.09. The smallest absolute Gasteiger partial charge is 0.372 e. The average molecular weight is 263 g/mol. The number of imidazole rings is 1. The fourth-order valence-electron chi connectivity index (χ4n) is 1.85. The number of aryl methyl sites for hydroxylation is 1. The van der Waals surface area contributed by atoms with Gasteiger partial charge in [-0.3, -0.25) is 0 Å². The first-order valence-corrected chi connectivity index (χ1v) is 6.23. The summed E-state index contributed by atoms with van der Waals surface area (Å²) >= 11 is 0. The van der Waals surface area contributed by atoms with Crippen LogP contribution in [-0.4, -0.2) is 27.2 Å². The lowest BCUT2D eigenvalue weighted by atomic mass is 10.2. The molecule has 6 nitrogen and oxygen atoms in total. The van der Waals surface area contributed by atoms with Crippen LogP contribution in [0.3, 0.4) is 0 Å². The van der Waals surface area contributed by atoms with E-state index in [1.165, 1.54) is 6.26 Å². The van der Waals surface area contributed by atoms with Crippen molar-refractivity contribution in [3.05, 3.63) is 42.4 Å². The molecule has 0 saturated heterocycles. The molecule has 0 bridgehead atoms. The summed E-state index contributed by atoms with van der Waals surface area (Å²) in [5.41, 5.74) is 0.683. The molecular formula is C13H17N3O3. The molecule has 0 spiro atoms. The number of nitrogens with one attached hydrogen (secondary N) is 1. The Morgan fingerprint density at radius 2 is 2.37 bits per heavy atom. The number of rotatable bonds is 8. The molecule has 0 amide bonds. The summed E-state index contributed by atoms with van der Waals surface area (Å²) in [5.74, 6) is -1.01. The van der Waals surface area contributed by atoms with Crippen molar-refractivity contribution in [3.63, 3.8) is 0 Å². The summed E-state index contributed by atoms with van der Waals surface area (Å²) in [6.45, 7) is 2.32. The summed E-state index contributed by atoms with van der Waals surface area (Å²) < 4.78 is 6.94. The van der Waals surface area contributed by atoms with Crippen molar-refractivity contribution in [2.24, 2.45) is 0 Å². The Labute approximate surface area is 111 Å². The second-order valence-electron chi connectivity index (χ2n) is 4.26. The van der Waals surface area contributed by atoms with E-state index in [9.17, 15) is 4.79 Å². The number of unbranched alkanes of at least 4 members (excludes halogenated alkanes) is 1. The predicted molar refractivity (Wildman–Crippen MR) is 68.8 cm³/mol. The molecule has 0 aliphatic rings. The van der Waals surface area contributed by atoms with E-state index in [2.05, 4.69) is 10.3 Å². The molecule has 0 fully saturated rings. The Morgan fingerprint density at radius 3 is 3.11 bits per heavy atom. The Bertz CT molecular complexity index is 505. The van der Waals surface area contributed by atoms with Gasteiger partial charge in [-0.1, -0.05) is 0 Å². The molecule has 0 aromatic carbocycles. The van der Waals surface area contributed by atoms with Crippen molar-refractivity contribution >= 4 is 5.97 Å². The first kappa shape index (κ1) is 13.4. The molecule has 6 heteroatoms. The van der Waals surface area contributed by atoms with Gasteiger partial charge in [-0.25, -0.2) is 9.78 Å². The van der Waals surface area contributed by atoms with E-state index in [0.717, 1.165) is 25.9 Å². The summed E-state index contributed by atoms with van der Waals surface area (Å²) in [4.78, 5) is 14.8. The number of aromatic carboxylic acids is 1. The highest BCUT2D eigenvalue weighted by atomic mass is 16.4. The first-order chi connectivity index (χ1) is 9.27. The van der Waals surface area contributed by atoms with E-state index in [4.69, 9.17) is 9.52 Å². The van der Waals surface area contributed by atoms with Gasteiger partial charge in [-0.05, 0) is 25.5 Å². The van der Waals surface area contributed by atoms with Crippen molar-refractivity contribution in [1.29, 1.82) is 0 Å². The monoisotopic (exact) mass is 263 g/mol. The van der Waals surface area contributed by atoms with Crippen LogP contribution in [0.2, 0.25) is 0 Å². The standard InChI is InChI=1S/C13H17N3O3/c17-13(18)12-11(3-8-19-12)9-14-4-1-2-6-16-7-5-15-10-16/h3,5,7-8,10,14H,1-2,4,6,9H2,(H,17,18). The van der Waals surface area contributed by atoms with Crippen LogP contribution < -0.4 is 5.32 Å². The Hall–Kier alpha value is -2.08. The molecule has 2 N–H and O–H groups in total. The van der Waals surface area contributed by atoms with Gasteiger partial charge < -0.3 is 19.4 Å². The van der Waals surface area contributed by atoms with Crippen LogP contribution in [0.4, 0.5) is 0 Å². The van der Waals surface area contributed by atoms with Gasteiger partial charge in [-0.2, -0.15) is 0 Å². The van der Waals surface area contributed by atoms with Crippen molar-refractivity contribution in [2.45, 2.75) is 25.9 Å². The summed E-state index contributed by atoms with van der Waals surface area (Å²) in [6, 6.07) is 1.68. The third kappa shape index (κ3) is 3.96. The molecule has 0 saturated carbocycles. The Morgan fingerprint density at radius 1 is 1.47 bits per heavy atom. The number of carboxylic acid groups (broad SMARTS) is 1. The maximum Gasteiger partial charge on any atom is 0.372 e. The van der Waals surface area contributed by atoms with E-state index in [1.807, 2.05) is 10.8 Å².